The highest BCUT2D eigenvalue weighted by molar-refractivity contribution is 5.79. The Hall–Kier alpha value is -1.12. The Bertz CT molecular complexity index is 354. The van der Waals surface area contributed by atoms with E-state index in [0.29, 0.717) is 18.5 Å². The van der Waals surface area contributed by atoms with Crippen molar-refractivity contribution in [3.63, 3.8) is 0 Å². The van der Waals surface area contributed by atoms with Crippen molar-refractivity contribution >= 4 is 5.91 Å². The molecule has 1 aliphatic heterocycles. The molecule has 0 aromatic carbocycles. The van der Waals surface area contributed by atoms with Gasteiger partial charge in [0.05, 0.1) is 12.6 Å². The molecule has 0 radical (unpaired) electrons. The van der Waals surface area contributed by atoms with Gasteiger partial charge in [0.15, 0.2) is 0 Å². The lowest BCUT2D eigenvalue weighted by atomic mass is 9.98. The Kier molecular flexibility index (Phi) is 3.88. The van der Waals surface area contributed by atoms with Gasteiger partial charge < -0.3 is 10.6 Å². The van der Waals surface area contributed by atoms with E-state index in [9.17, 15) is 10.1 Å². The molecule has 1 saturated carbocycles. The minimum atomic E-state index is -0.675. The van der Waals surface area contributed by atoms with Crippen LogP contribution >= 0.6 is 0 Å². The third-order valence-electron chi connectivity index (χ3n) is 4.08. The highest BCUT2D eigenvalue weighted by Crippen LogP contribution is 2.39. The van der Waals surface area contributed by atoms with Gasteiger partial charge in [-0.1, -0.05) is 0 Å². The summed E-state index contributed by atoms with van der Waals surface area (Å²) in [4.78, 5) is 14.1. The van der Waals surface area contributed by atoms with E-state index in [2.05, 4.69) is 21.6 Å². The number of hydrogen-bond donors (Lipinski definition) is 2. The van der Waals surface area contributed by atoms with Crippen molar-refractivity contribution in [3.05, 3.63) is 0 Å². The van der Waals surface area contributed by atoms with Crippen LogP contribution in [-0.4, -0.2) is 49.1 Å². The van der Waals surface area contributed by atoms with Crippen molar-refractivity contribution in [2.24, 2.45) is 5.92 Å². The standard InChI is InChI=1S/C13H22N4O/c1-13(9-14,10-3-4-10)16-12(18)8-17(2)11-5-6-15-7-11/h10-11,15H,3-8H2,1-2H3,(H,16,18). The lowest BCUT2D eigenvalue weighted by Gasteiger charge is -2.27. The maximum absolute atomic E-state index is 12.0. The molecule has 5 heteroatoms. The number of carbonyl (C=O) groups excluding carboxylic acids is 1. The fourth-order valence-electron chi connectivity index (χ4n) is 2.58. The molecular formula is C13H22N4O. The molecule has 2 rings (SSSR count). The van der Waals surface area contributed by atoms with Gasteiger partial charge in [-0.2, -0.15) is 5.26 Å². The van der Waals surface area contributed by atoms with Crippen molar-refractivity contribution in [3.8, 4) is 6.07 Å². The number of nitriles is 1. The summed E-state index contributed by atoms with van der Waals surface area (Å²) in [5, 5.41) is 15.4. The number of likely N-dealkylation sites (N-methyl/N-ethyl adjacent to an activating group) is 1. The summed E-state index contributed by atoms with van der Waals surface area (Å²) >= 11 is 0. The second kappa shape index (κ2) is 5.25. The highest BCUT2D eigenvalue weighted by atomic mass is 16.2. The number of amides is 1. The first-order valence-electron chi connectivity index (χ1n) is 6.68. The second-order valence-electron chi connectivity index (χ2n) is 5.70. The molecule has 2 aliphatic rings. The van der Waals surface area contributed by atoms with Crippen LogP contribution < -0.4 is 10.6 Å². The SMILES string of the molecule is CN(CC(=O)NC(C)(C#N)C1CC1)C1CCNC1. The molecule has 0 aromatic heterocycles. The predicted octanol–water partition coefficient (Wildman–Crippen LogP) is 0.0886. The molecular weight excluding hydrogens is 228 g/mol. The van der Waals surface area contributed by atoms with Crippen LogP contribution in [0.2, 0.25) is 0 Å². The predicted molar refractivity (Wildman–Crippen MR) is 68.8 cm³/mol. The molecule has 1 saturated heterocycles. The van der Waals surface area contributed by atoms with Gasteiger partial charge in [0.25, 0.3) is 0 Å². The van der Waals surface area contributed by atoms with Gasteiger partial charge >= 0.3 is 0 Å². The third-order valence-corrected chi connectivity index (χ3v) is 4.08. The first-order valence-corrected chi connectivity index (χ1v) is 6.68. The summed E-state index contributed by atoms with van der Waals surface area (Å²) in [5.74, 6) is 0.297. The topological polar surface area (TPSA) is 68.2 Å². The first-order chi connectivity index (χ1) is 8.55. The van der Waals surface area contributed by atoms with Crippen molar-refractivity contribution in [1.29, 1.82) is 5.26 Å². The number of nitrogens with zero attached hydrogens (tertiary/aromatic N) is 2. The second-order valence-corrected chi connectivity index (χ2v) is 5.70. The van der Waals surface area contributed by atoms with Gasteiger partial charge in [-0.25, -0.2) is 0 Å². The summed E-state index contributed by atoms with van der Waals surface area (Å²) in [5.41, 5.74) is -0.675. The van der Waals surface area contributed by atoms with Gasteiger partial charge in [0, 0.05) is 12.6 Å². The molecule has 5 nitrogen and oxygen atoms in total. The van der Waals surface area contributed by atoms with Crippen LogP contribution in [-0.2, 0) is 4.79 Å². The van der Waals surface area contributed by atoms with Crippen LogP contribution in [0.15, 0.2) is 0 Å². The summed E-state index contributed by atoms with van der Waals surface area (Å²) < 4.78 is 0. The van der Waals surface area contributed by atoms with Crippen LogP contribution in [0.5, 0.6) is 0 Å². The Morgan fingerprint density at radius 1 is 1.56 bits per heavy atom. The number of rotatable bonds is 5. The van der Waals surface area contributed by atoms with Gasteiger partial charge in [-0.15, -0.1) is 0 Å². The molecule has 0 spiro atoms. The first kappa shape index (κ1) is 13.3. The zero-order valence-corrected chi connectivity index (χ0v) is 11.2. The number of nitrogens with one attached hydrogen (secondary N) is 2. The van der Waals surface area contributed by atoms with Crippen molar-refractivity contribution < 1.29 is 4.79 Å². The smallest absolute Gasteiger partial charge is 0.235 e. The van der Waals surface area contributed by atoms with Gasteiger partial charge in [0.1, 0.15) is 5.54 Å². The zero-order chi connectivity index (χ0) is 13.2. The quantitative estimate of drug-likeness (QED) is 0.725. The average Bonchev–Trinajstić information content (AvgIpc) is 3.05. The minimum Gasteiger partial charge on any atom is -0.337 e. The van der Waals surface area contributed by atoms with Crippen molar-refractivity contribution in [2.45, 2.75) is 37.8 Å². The van der Waals surface area contributed by atoms with E-state index in [-0.39, 0.29) is 5.91 Å². The molecule has 2 fully saturated rings. The zero-order valence-electron chi connectivity index (χ0n) is 11.2. The van der Waals surface area contributed by atoms with Crippen molar-refractivity contribution in [2.75, 3.05) is 26.7 Å². The molecule has 1 heterocycles. The highest BCUT2D eigenvalue weighted by Gasteiger charge is 2.43. The average molecular weight is 250 g/mol. The van der Waals surface area contributed by atoms with Crippen molar-refractivity contribution in [1.82, 2.24) is 15.5 Å². The van der Waals surface area contributed by atoms with Crippen LogP contribution in [0.3, 0.4) is 0 Å². The molecule has 18 heavy (non-hydrogen) atoms. The molecule has 2 N–H and O–H groups in total. The fraction of sp³-hybridized carbons (Fsp3) is 0.846. The summed E-state index contributed by atoms with van der Waals surface area (Å²) in [6, 6.07) is 2.69. The lowest BCUT2D eigenvalue weighted by molar-refractivity contribution is -0.123. The largest absolute Gasteiger partial charge is 0.337 e. The Labute approximate surface area is 109 Å². The monoisotopic (exact) mass is 250 g/mol. The fourth-order valence-corrected chi connectivity index (χ4v) is 2.58. The molecule has 1 aliphatic carbocycles. The molecule has 0 aromatic rings. The Morgan fingerprint density at radius 3 is 2.78 bits per heavy atom. The van der Waals surface area contributed by atoms with E-state index in [1.807, 2.05) is 14.0 Å². The van der Waals surface area contributed by atoms with Crippen LogP contribution in [0.25, 0.3) is 0 Å². The molecule has 100 valence electrons. The van der Waals surface area contributed by atoms with Gasteiger partial charge in [-0.05, 0) is 45.7 Å². The van der Waals surface area contributed by atoms with Crippen LogP contribution in [0.1, 0.15) is 26.2 Å². The van der Waals surface area contributed by atoms with Gasteiger partial charge in [-0.3, -0.25) is 9.69 Å². The Balaban J connectivity index is 1.82. The van der Waals surface area contributed by atoms with E-state index in [1.54, 1.807) is 0 Å². The maximum Gasteiger partial charge on any atom is 0.235 e. The number of hydrogen-bond acceptors (Lipinski definition) is 4. The Morgan fingerprint density at radius 2 is 2.28 bits per heavy atom. The third kappa shape index (κ3) is 3.01. The van der Waals surface area contributed by atoms with E-state index >= 15 is 0 Å². The summed E-state index contributed by atoms with van der Waals surface area (Å²) in [6.07, 6.45) is 3.18. The minimum absolute atomic E-state index is 0.0413. The van der Waals surface area contributed by atoms with E-state index in [0.717, 1.165) is 32.4 Å². The molecule has 2 atom stereocenters. The van der Waals surface area contributed by atoms with Gasteiger partial charge in [0.2, 0.25) is 5.91 Å². The molecule has 0 bridgehead atoms. The molecule has 1 amide bonds. The van der Waals surface area contributed by atoms with Crippen LogP contribution in [0, 0.1) is 17.2 Å². The van der Waals surface area contributed by atoms with E-state index in [1.165, 1.54) is 0 Å². The summed E-state index contributed by atoms with van der Waals surface area (Å²) in [6.45, 7) is 4.17. The maximum atomic E-state index is 12.0. The number of carbonyl (C=O) groups is 1. The van der Waals surface area contributed by atoms with E-state index in [4.69, 9.17) is 0 Å². The summed E-state index contributed by atoms with van der Waals surface area (Å²) in [7, 11) is 1.97. The lowest BCUT2D eigenvalue weighted by Crippen LogP contribution is -2.51. The molecule has 2 unspecified atom stereocenters. The van der Waals surface area contributed by atoms with E-state index < -0.39 is 5.54 Å². The van der Waals surface area contributed by atoms with Crippen LogP contribution in [0.4, 0.5) is 0 Å². The normalized spacial score (nSPS) is 26.7.